The smallest absolute Gasteiger partial charge is 0.416 e. The first kappa shape index (κ1) is 28.4. The SMILES string of the molecule is COCCOC(=O)C1C(C)=NC2=C(C(=O)C[C@@H](c3ccc(OC)c(OC)c3)C2)[C@H]1c1ccc(C(F)(F)F)cc1. The van der Waals surface area contributed by atoms with Crippen LogP contribution in [0.15, 0.2) is 58.7 Å². The Kier molecular flexibility index (Phi) is 8.44. The number of allylic oxidation sites excluding steroid dienone is 2. The van der Waals surface area contributed by atoms with E-state index in [4.69, 9.17) is 18.9 Å². The summed E-state index contributed by atoms with van der Waals surface area (Å²) in [5, 5.41) is 0. The Labute approximate surface area is 224 Å². The first-order valence-corrected chi connectivity index (χ1v) is 12.4. The monoisotopic (exact) mass is 545 g/mol. The van der Waals surface area contributed by atoms with Gasteiger partial charge in [0.05, 0.1) is 26.4 Å². The third-order valence-corrected chi connectivity index (χ3v) is 7.15. The van der Waals surface area contributed by atoms with Crippen LogP contribution in [0.4, 0.5) is 13.2 Å². The third kappa shape index (κ3) is 5.85. The van der Waals surface area contributed by atoms with Gasteiger partial charge in [-0.25, -0.2) is 0 Å². The van der Waals surface area contributed by atoms with Crippen LogP contribution in [0.2, 0.25) is 0 Å². The number of benzene rings is 2. The van der Waals surface area contributed by atoms with Gasteiger partial charge in [-0.1, -0.05) is 18.2 Å². The second kappa shape index (κ2) is 11.6. The van der Waals surface area contributed by atoms with Crippen LogP contribution in [0.3, 0.4) is 0 Å². The number of esters is 1. The van der Waals surface area contributed by atoms with Crippen molar-refractivity contribution in [2.45, 2.75) is 37.8 Å². The van der Waals surface area contributed by atoms with Gasteiger partial charge < -0.3 is 18.9 Å². The number of Topliss-reactive ketones (excluding diaryl/α,β-unsaturated/α-hetero) is 1. The molecule has 1 unspecified atom stereocenters. The molecule has 0 bridgehead atoms. The second-order valence-corrected chi connectivity index (χ2v) is 9.49. The zero-order valence-electron chi connectivity index (χ0n) is 22.1. The van der Waals surface area contributed by atoms with E-state index in [2.05, 4.69) is 4.99 Å². The zero-order valence-corrected chi connectivity index (χ0v) is 22.1. The molecule has 0 fully saturated rings. The maximum Gasteiger partial charge on any atom is 0.416 e. The van der Waals surface area contributed by atoms with Gasteiger partial charge in [-0.3, -0.25) is 14.6 Å². The molecule has 1 aliphatic heterocycles. The van der Waals surface area contributed by atoms with E-state index >= 15 is 0 Å². The number of alkyl halides is 3. The Morgan fingerprint density at radius 3 is 2.23 bits per heavy atom. The fourth-order valence-corrected chi connectivity index (χ4v) is 5.26. The number of rotatable bonds is 8. The van der Waals surface area contributed by atoms with Crippen molar-refractivity contribution in [1.29, 1.82) is 0 Å². The van der Waals surface area contributed by atoms with E-state index in [1.807, 2.05) is 12.1 Å². The molecular weight excluding hydrogens is 515 g/mol. The highest BCUT2D eigenvalue weighted by Gasteiger charge is 2.45. The molecule has 0 saturated carbocycles. The molecule has 7 nitrogen and oxygen atoms in total. The summed E-state index contributed by atoms with van der Waals surface area (Å²) >= 11 is 0. The maximum absolute atomic E-state index is 13.7. The normalized spacial score (nSPS) is 21.3. The lowest BCUT2D eigenvalue weighted by atomic mass is 9.69. The minimum absolute atomic E-state index is 0.0000721. The maximum atomic E-state index is 13.7. The van der Waals surface area contributed by atoms with Crippen LogP contribution in [-0.4, -0.2) is 52.0 Å². The highest BCUT2D eigenvalue weighted by molar-refractivity contribution is 6.09. The van der Waals surface area contributed by atoms with Gasteiger partial charge in [-0.05, 0) is 54.7 Å². The second-order valence-electron chi connectivity index (χ2n) is 9.49. The van der Waals surface area contributed by atoms with Gasteiger partial charge in [0, 0.05) is 36.4 Å². The standard InChI is InChI=1S/C29H30F3NO6/c1-16-25(28(35)39-12-11-36-2)26(17-5-8-20(9-6-17)29(30,31)32)27-21(33-16)13-19(14-22(27)34)18-7-10-23(37-3)24(15-18)38-4/h5-10,15,19,25-26H,11-14H2,1-4H3/t19-,25?,26-/m0/s1. The van der Waals surface area contributed by atoms with Gasteiger partial charge >= 0.3 is 12.1 Å². The van der Waals surface area contributed by atoms with Crippen molar-refractivity contribution in [2.24, 2.45) is 10.9 Å². The first-order chi connectivity index (χ1) is 18.6. The lowest BCUT2D eigenvalue weighted by molar-refractivity contribution is -0.148. The minimum atomic E-state index is -4.52. The molecule has 208 valence electrons. The average molecular weight is 546 g/mol. The number of halogens is 3. The summed E-state index contributed by atoms with van der Waals surface area (Å²) in [6.07, 6.45) is -3.96. The van der Waals surface area contributed by atoms with Crippen molar-refractivity contribution in [3.63, 3.8) is 0 Å². The van der Waals surface area contributed by atoms with Crippen LogP contribution in [0.1, 0.15) is 48.3 Å². The highest BCUT2D eigenvalue weighted by Crippen LogP contribution is 2.48. The van der Waals surface area contributed by atoms with Crippen molar-refractivity contribution in [2.75, 3.05) is 34.5 Å². The quantitative estimate of drug-likeness (QED) is 0.322. The molecule has 0 aromatic heterocycles. The fraction of sp³-hybridized carbons (Fsp3) is 0.414. The van der Waals surface area contributed by atoms with E-state index in [0.717, 1.165) is 17.7 Å². The molecule has 1 aliphatic carbocycles. The van der Waals surface area contributed by atoms with E-state index < -0.39 is 29.5 Å². The lowest BCUT2D eigenvalue weighted by Gasteiger charge is -2.36. The Balaban J connectivity index is 1.75. The van der Waals surface area contributed by atoms with Crippen molar-refractivity contribution in [1.82, 2.24) is 0 Å². The van der Waals surface area contributed by atoms with Gasteiger partial charge in [0.2, 0.25) is 0 Å². The van der Waals surface area contributed by atoms with E-state index in [1.165, 1.54) is 33.5 Å². The summed E-state index contributed by atoms with van der Waals surface area (Å²) in [5.74, 6) is -1.72. The third-order valence-electron chi connectivity index (χ3n) is 7.15. The van der Waals surface area contributed by atoms with Gasteiger partial charge in [0.15, 0.2) is 17.3 Å². The van der Waals surface area contributed by atoms with Crippen LogP contribution in [0.25, 0.3) is 0 Å². The summed E-state index contributed by atoms with van der Waals surface area (Å²) in [7, 11) is 4.54. The van der Waals surface area contributed by atoms with Crippen molar-refractivity contribution in [3.8, 4) is 11.5 Å². The predicted molar refractivity (Wildman–Crippen MR) is 137 cm³/mol. The molecule has 2 aromatic rings. The molecule has 39 heavy (non-hydrogen) atoms. The molecule has 0 N–H and O–H groups in total. The van der Waals surface area contributed by atoms with E-state index in [-0.39, 0.29) is 31.3 Å². The Morgan fingerprint density at radius 2 is 1.62 bits per heavy atom. The number of carbonyl (C=O) groups is 2. The molecule has 4 rings (SSSR count). The highest BCUT2D eigenvalue weighted by atomic mass is 19.4. The van der Waals surface area contributed by atoms with E-state index in [9.17, 15) is 22.8 Å². The molecule has 0 saturated heterocycles. The van der Waals surface area contributed by atoms with Gasteiger partial charge in [0.25, 0.3) is 0 Å². The molecule has 0 radical (unpaired) electrons. The molecule has 0 amide bonds. The molecule has 2 aliphatic rings. The Hall–Kier alpha value is -3.66. The van der Waals surface area contributed by atoms with Crippen LogP contribution in [0.5, 0.6) is 11.5 Å². The van der Waals surface area contributed by atoms with Gasteiger partial charge in [-0.2, -0.15) is 13.2 Å². The predicted octanol–water partition coefficient (Wildman–Crippen LogP) is 5.49. The van der Waals surface area contributed by atoms with Gasteiger partial charge in [0.1, 0.15) is 12.5 Å². The molecule has 0 spiro atoms. The number of hydrogen-bond donors (Lipinski definition) is 0. The summed E-state index contributed by atoms with van der Waals surface area (Å²) < 4.78 is 60.8. The number of ether oxygens (including phenoxy) is 4. The molecule has 1 heterocycles. The van der Waals surface area contributed by atoms with Crippen molar-refractivity contribution < 1.29 is 41.7 Å². The number of aliphatic imine (C=N–C) groups is 1. The van der Waals surface area contributed by atoms with Crippen LogP contribution < -0.4 is 9.47 Å². The van der Waals surface area contributed by atoms with Crippen molar-refractivity contribution in [3.05, 3.63) is 70.4 Å². The van der Waals surface area contributed by atoms with Crippen LogP contribution in [-0.2, 0) is 25.2 Å². The molecular formula is C29H30F3NO6. The fourth-order valence-electron chi connectivity index (χ4n) is 5.26. The Morgan fingerprint density at radius 1 is 0.949 bits per heavy atom. The molecule has 10 heteroatoms. The minimum Gasteiger partial charge on any atom is -0.493 e. The van der Waals surface area contributed by atoms with E-state index in [0.29, 0.717) is 40.5 Å². The van der Waals surface area contributed by atoms with Crippen LogP contribution in [0, 0.1) is 5.92 Å². The number of methoxy groups -OCH3 is 3. The largest absolute Gasteiger partial charge is 0.493 e. The number of nitrogens with zero attached hydrogens (tertiary/aromatic N) is 1. The van der Waals surface area contributed by atoms with Gasteiger partial charge in [-0.15, -0.1) is 0 Å². The Bertz CT molecular complexity index is 1300. The number of ketones is 1. The molecule has 3 atom stereocenters. The number of carbonyl (C=O) groups excluding carboxylic acids is 2. The van der Waals surface area contributed by atoms with Crippen LogP contribution >= 0.6 is 0 Å². The summed E-state index contributed by atoms with van der Waals surface area (Å²) in [4.78, 5) is 31.6. The number of hydrogen-bond acceptors (Lipinski definition) is 7. The summed E-state index contributed by atoms with van der Waals surface area (Å²) in [5.41, 5.74) is 1.76. The van der Waals surface area contributed by atoms with Crippen molar-refractivity contribution >= 4 is 17.5 Å². The average Bonchev–Trinajstić information content (AvgIpc) is 2.91. The summed E-state index contributed by atoms with van der Waals surface area (Å²) in [6.45, 7) is 1.85. The summed E-state index contributed by atoms with van der Waals surface area (Å²) in [6, 6.07) is 10.0. The molecule has 2 aromatic carbocycles. The lowest BCUT2D eigenvalue weighted by Crippen LogP contribution is -2.38. The van der Waals surface area contributed by atoms with E-state index in [1.54, 1.807) is 13.0 Å². The zero-order chi connectivity index (χ0) is 28.3. The topological polar surface area (TPSA) is 83.4 Å². The first-order valence-electron chi connectivity index (χ1n) is 12.4.